The van der Waals surface area contributed by atoms with Gasteiger partial charge in [0.25, 0.3) is 0 Å². The molecule has 4 heteroatoms. The highest BCUT2D eigenvalue weighted by molar-refractivity contribution is 5.32. The smallest absolute Gasteiger partial charge is 0.142 e. The van der Waals surface area contributed by atoms with Gasteiger partial charge < -0.3 is 15.2 Å². The molecule has 0 aliphatic heterocycles. The first-order chi connectivity index (χ1) is 7.11. The third kappa shape index (κ3) is 2.91. The van der Waals surface area contributed by atoms with E-state index in [0.717, 1.165) is 11.4 Å². The molecule has 0 radical (unpaired) electrons. The SMILES string of the molecule is COCCC(C)(N)c1ncccc1OC. The van der Waals surface area contributed by atoms with Gasteiger partial charge >= 0.3 is 0 Å². The summed E-state index contributed by atoms with van der Waals surface area (Å²) in [6.07, 6.45) is 2.42. The van der Waals surface area contributed by atoms with E-state index in [0.29, 0.717) is 13.0 Å². The molecule has 84 valence electrons. The first kappa shape index (κ1) is 11.9. The molecular formula is C11H18N2O2. The number of nitrogens with zero attached hydrogens (tertiary/aromatic N) is 1. The fraction of sp³-hybridized carbons (Fsp3) is 0.545. The van der Waals surface area contributed by atoms with Crippen LogP contribution < -0.4 is 10.5 Å². The molecule has 0 aliphatic carbocycles. The number of aromatic nitrogens is 1. The quantitative estimate of drug-likeness (QED) is 0.796. The van der Waals surface area contributed by atoms with Crippen LogP contribution >= 0.6 is 0 Å². The molecule has 1 unspecified atom stereocenters. The van der Waals surface area contributed by atoms with Gasteiger partial charge in [0, 0.05) is 19.9 Å². The predicted octanol–water partition coefficient (Wildman–Crippen LogP) is 1.30. The third-order valence-corrected chi connectivity index (χ3v) is 2.36. The molecule has 1 heterocycles. The highest BCUT2D eigenvalue weighted by atomic mass is 16.5. The van der Waals surface area contributed by atoms with E-state index in [-0.39, 0.29) is 0 Å². The second-order valence-electron chi connectivity index (χ2n) is 3.71. The van der Waals surface area contributed by atoms with Gasteiger partial charge in [0.15, 0.2) is 0 Å². The van der Waals surface area contributed by atoms with Crippen molar-refractivity contribution in [2.24, 2.45) is 5.73 Å². The minimum absolute atomic E-state index is 0.525. The van der Waals surface area contributed by atoms with Crippen molar-refractivity contribution in [3.8, 4) is 5.75 Å². The third-order valence-electron chi connectivity index (χ3n) is 2.36. The molecule has 1 aromatic heterocycles. The van der Waals surface area contributed by atoms with Crippen molar-refractivity contribution in [3.63, 3.8) is 0 Å². The molecule has 0 spiro atoms. The fourth-order valence-electron chi connectivity index (χ4n) is 1.42. The molecular weight excluding hydrogens is 192 g/mol. The molecule has 1 rings (SSSR count). The maximum Gasteiger partial charge on any atom is 0.142 e. The molecule has 0 saturated heterocycles. The van der Waals surface area contributed by atoms with Crippen LogP contribution in [-0.4, -0.2) is 25.8 Å². The summed E-state index contributed by atoms with van der Waals surface area (Å²) in [6.45, 7) is 2.53. The molecule has 2 N–H and O–H groups in total. The van der Waals surface area contributed by atoms with Crippen LogP contribution in [0, 0.1) is 0 Å². The average molecular weight is 210 g/mol. The van der Waals surface area contributed by atoms with Gasteiger partial charge in [-0.25, -0.2) is 0 Å². The summed E-state index contributed by atoms with van der Waals surface area (Å²) in [7, 11) is 3.28. The lowest BCUT2D eigenvalue weighted by molar-refractivity contribution is 0.170. The zero-order valence-electron chi connectivity index (χ0n) is 9.49. The summed E-state index contributed by atoms with van der Waals surface area (Å²) in [5, 5.41) is 0. The Hall–Kier alpha value is -1.13. The molecule has 0 aliphatic rings. The molecule has 0 saturated carbocycles. The van der Waals surface area contributed by atoms with Crippen LogP contribution in [0.4, 0.5) is 0 Å². The lowest BCUT2D eigenvalue weighted by Crippen LogP contribution is -2.35. The van der Waals surface area contributed by atoms with Gasteiger partial charge in [-0.15, -0.1) is 0 Å². The number of rotatable bonds is 5. The van der Waals surface area contributed by atoms with Gasteiger partial charge in [-0.05, 0) is 25.5 Å². The summed E-state index contributed by atoms with van der Waals surface area (Å²) in [5.74, 6) is 0.721. The van der Waals surface area contributed by atoms with Gasteiger partial charge in [-0.2, -0.15) is 0 Å². The summed E-state index contributed by atoms with van der Waals surface area (Å²) in [4.78, 5) is 4.27. The van der Waals surface area contributed by atoms with Crippen molar-refractivity contribution >= 4 is 0 Å². The second kappa shape index (κ2) is 5.09. The van der Waals surface area contributed by atoms with Crippen LogP contribution in [0.2, 0.25) is 0 Å². The van der Waals surface area contributed by atoms with E-state index in [9.17, 15) is 0 Å². The number of hydrogen-bond acceptors (Lipinski definition) is 4. The van der Waals surface area contributed by atoms with E-state index in [1.165, 1.54) is 0 Å². The van der Waals surface area contributed by atoms with Crippen LogP contribution in [0.5, 0.6) is 5.75 Å². The Balaban J connectivity index is 2.92. The van der Waals surface area contributed by atoms with Gasteiger partial charge in [-0.1, -0.05) is 0 Å². The Morgan fingerprint density at radius 3 is 2.80 bits per heavy atom. The molecule has 1 aromatic rings. The topological polar surface area (TPSA) is 57.4 Å². The van der Waals surface area contributed by atoms with Crippen molar-refractivity contribution in [1.29, 1.82) is 0 Å². The van der Waals surface area contributed by atoms with Gasteiger partial charge in [-0.3, -0.25) is 4.98 Å². The molecule has 4 nitrogen and oxygen atoms in total. The summed E-state index contributed by atoms with van der Waals surface area (Å²) >= 11 is 0. The number of hydrogen-bond donors (Lipinski definition) is 1. The Labute approximate surface area is 90.4 Å². The van der Waals surface area contributed by atoms with Crippen LogP contribution in [0.3, 0.4) is 0 Å². The second-order valence-corrected chi connectivity index (χ2v) is 3.71. The number of nitrogens with two attached hydrogens (primary N) is 1. The highest BCUT2D eigenvalue weighted by Gasteiger charge is 2.25. The van der Waals surface area contributed by atoms with Crippen molar-refractivity contribution < 1.29 is 9.47 Å². The van der Waals surface area contributed by atoms with E-state index in [2.05, 4.69) is 4.98 Å². The van der Waals surface area contributed by atoms with E-state index in [4.69, 9.17) is 15.2 Å². The van der Waals surface area contributed by atoms with Gasteiger partial charge in [0.2, 0.25) is 0 Å². The maximum atomic E-state index is 6.18. The van der Waals surface area contributed by atoms with Gasteiger partial charge in [0.05, 0.1) is 12.6 Å². The highest BCUT2D eigenvalue weighted by Crippen LogP contribution is 2.27. The van der Waals surface area contributed by atoms with Crippen LogP contribution in [0.1, 0.15) is 19.0 Å². The molecule has 0 fully saturated rings. The monoisotopic (exact) mass is 210 g/mol. The first-order valence-electron chi connectivity index (χ1n) is 4.89. The van der Waals surface area contributed by atoms with Crippen LogP contribution in [0.15, 0.2) is 18.3 Å². The Morgan fingerprint density at radius 2 is 2.20 bits per heavy atom. The minimum atomic E-state index is -0.525. The number of ether oxygens (including phenoxy) is 2. The van der Waals surface area contributed by atoms with Crippen LogP contribution in [0.25, 0.3) is 0 Å². The standard InChI is InChI=1S/C11H18N2O2/c1-11(12,6-8-14-2)10-9(15-3)5-4-7-13-10/h4-5,7H,6,8,12H2,1-3H3. The molecule has 0 aromatic carbocycles. The molecule has 0 amide bonds. The Morgan fingerprint density at radius 1 is 1.47 bits per heavy atom. The largest absolute Gasteiger partial charge is 0.495 e. The number of pyridine rings is 1. The normalized spacial score (nSPS) is 14.7. The zero-order valence-corrected chi connectivity index (χ0v) is 9.49. The van der Waals surface area contributed by atoms with Crippen molar-refractivity contribution in [1.82, 2.24) is 4.98 Å². The zero-order chi connectivity index (χ0) is 11.3. The maximum absolute atomic E-state index is 6.18. The van der Waals surface area contributed by atoms with E-state index in [1.54, 1.807) is 20.4 Å². The number of methoxy groups -OCH3 is 2. The van der Waals surface area contributed by atoms with Crippen molar-refractivity contribution in [3.05, 3.63) is 24.0 Å². The Kier molecular flexibility index (Phi) is 4.05. The van der Waals surface area contributed by atoms with E-state index >= 15 is 0 Å². The molecule has 1 atom stereocenters. The van der Waals surface area contributed by atoms with Crippen molar-refractivity contribution in [2.75, 3.05) is 20.8 Å². The summed E-state index contributed by atoms with van der Waals surface area (Å²) in [6, 6.07) is 3.69. The van der Waals surface area contributed by atoms with Gasteiger partial charge in [0.1, 0.15) is 11.4 Å². The minimum Gasteiger partial charge on any atom is -0.495 e. The Bertz CT molecular complexity index is 313. The molecule has 0 bridgehead atoms. The molecule has 15 heavy (non-hydrogen) atoms. The first-order valence-corrected chi connectivity index (χ1v) is 4.89. The lowest BCUT2D eigenvalue weighted by atomic mass is 9.94. The van der Waals surface area contributed by atoms with E-state index < -0.39 is 5.54 Å². The van der Waals surface area contributed by atoms with Crippen LogP contribution in [-0.2, 0) is 10.3 Å². The lowest BCUT2D eigenvalue weighted by Gasteiger charge is -2.25. The fourth-order valence-corrected chi connectivity index (χ4v) is 1.42. The van der Waals surface area contributed by atoms with Crippen molar-refractivity contribution in [2.45, 2.75) is 18.9 Å². The predicted molar refractivity (Wildman–Crippen MR) is 58.8 cm³/mol. The summed E-state index contributed by atoms with van der Waals surface area (Å²) in [5.41, 5.74) is 6.42. The average Bonchev–Trinajstić information content (AvgIpc) is 2.26. The van der Waals surface area contributed by atoms with E-state index in [1.807, 2.05) is 19.1 Å². The summed E-state index contributed by atoms with van der Waals surface area (Å²) < 4.78 is 10.3.